The van der Waals surface area contributed by atoms with Crippen LogP contribution in [0.15, 0.2) is 24.3 Å². The van der Waals surface area contributed by atoms with Gasteiger partial charge in [0.1, 0.15) is 0 Å². The van der Waals surface area contributed by atoms with E-state index in [0.29, 0.717) is 12.2 Å². The fourth-order valence-electron chi connectivity index (χ4n) is 2.54. The number of H-pyrrole nitrogens is 1. The number of benzene rings is 1. The number of rotatable bonds is 2. The summed E-state index contributed by atoms with van der Waals surface area (Å²) >= 11 is 0. The molecule has 1 aromatic heterocycles. The van der Waals surface area contributed by atoms with E-state index in [2.05, 4.69) is 15.5 Å². The van der Waals surface area contributed by atoms with Gasteiger partial charge in [0, 0.05) is 35.7 Å². The number of hydrogen-bond acceptors (Lipinski definition) is 4. The predicted molar refractivity (Wildman–Crippen MR) is 71.5 cm³/mol. The molecule has 2 aromatic rings. The van der Waals surface area contributed by atoms with E-state index in [1.54, 1.807) is 12.1 Å². The number of carbonyl (C=O) groups is 1. The third-order valence-electron chi connectivity index (χ3n) is 3.50. The van der Waals surface area contributed by atoms with Crippen LogP contribution in [-0.2, 0) is 4.79 Å². The van der Waals surface area contributed by atoms with Crippen molar-refractivity contribution < 1.29 is 9.72 Å². The Hall–Kier alpha value is -2.70. The molecule has 0 radical (unpaired) electrons. The number of nitrogens with one attached hydrogen (secondary N) is 2. The molecule has 20 heavy (non-hydrogen) atoms. The van der Waals surface area contributed by atoms with Crippen LogP contribution in [0.3, 0.4) is 0 Å². The summed E-state index contributed by atoms with van der Waals surface area (Å²) < 4.78 is 0. The average Bonchev–Trinajstić information content (AvgIpc) is 2.79. The van der Waals surface area contributed by atoms with Crippen LogP contribution in [0.4, 0.5) is 11.5 Å². The predicted octanol–water partition coefficient (Wildman–Crippen LogP) is 2.10. The fraction of sp³-hybridized carbons (Fsp3) is 0.231. The van der Waals surface area contributed by atoms with Gasteiger partial charge in [-0.1, -0.05) is 12.1 Å². The lowest BCUT2D eigenvalue weighted by atomic mass is 9.86. The zero-order chi connectivity index (χ0) is 14.3. The molecule has 7 heteroatoms. The molecule has 1 amide bonds. The van der Waals surface area contributed by atoms with E-state index in [1.165, 1.54) is 12.1 Å². The topological polar surface area (TPSA) is 101 Å². The third kappa shape index (κ3) is 1.93. The summed E-state index contributed by atoms with van der Waals surface area (Å²) in [5, 5.41) is 20.3. The first-order valence-electron chi connectivity index (χ1n) is 6.15. The van der Waals surface area contributed by atoms with Gasteiger partial charge in [-0.05, 0) is 12.5 Å². The van der Waals surface area contributed by atoms with Gasteiger partial charge in [-0.3, -0.25) is 20.0 Å². The summed E-state index contributed by atoms with van der Waals surface area (Å²) in [5.41, 5.74) is 2.75. The molecule has 0 spiro atoms. The van der Waals surface area contributed by atoms with Gasteiger partial charge < -0.3 is 5.32 Å². The van der Waals surface area contributed by atoms with Gasteiger partial charge in [-0.2, -0.15) is 5.10 Å². The van der Waals surface area contributed by atoms with Gasteiger partial charge in [0.2, 0.25) is 5.91 Å². The zero-order valence-electron chi connectivity index (χ0n) is 10.7. The Morgan fingerprint density at radius 3 is 2.70 bits per heavy atom. The number of carbonyl (C=O) groups excluding carboxylic acids is 1. The van der Waals surface area contributed by atoms with Crippen molar-refractivity contribution in [3.05, 3.63) is 51.2 Å². The van der Waals surface area contributed by atoms with Crippen LogP contribution in [0.2, 0.25) is 0 Å². The van der Waals surface area contributed by atoms with Gasteiger partial charge in [-0.15, -0.1) is 0 Å². The number of aromatic amines is 1. The quantitative estimate of drug-likeness (QED) is 0.645. The number of amides is 1. The molecule has 0 aliphatic carbocycles. The van der Waals surface area contributed by atoms with Crippen LogP contribution in [0.1, 0.15) is 29.2 Å². The Morgan fingerprint density at radius 2 is 2.05 bits per heavy atom. The van der Waals surface area contributed by atoms with Crippen molar-refractivity contribution in [3.63, 3.8) is 0 Å². The Morgan fingerprint density at radius 1 is 1.35 bits per heavy atom. The average molecular weight is 272 g/mol. The Kier molecular flexibility index (Phi) is 2.74. The molecule has 1 aliphatic rings. The van der Waals surface area contributed by atoms with E-state index in [4.69, 9.17) is 0 Å². The summed E-state index contributed by atoms with van der Waals surface area (Å²) in [4.78, 5) is 22.0. The van der Waals surface area contributed by atoms with Crippen molar-refractivity contribution in [1.29, 1.82) is 0 Å². The summed E-state index contributed by atoms with van der Waals surface area (Å²) in [6.07, 6.45) is 0.311. The number of fused-ring (bicyclic) bond motifs is 1. The highest BCUT2D eigenvalue weighted by Crippen LogP contribution is 2.38. The molecule has 0 bridgehead atoms. The zero-order valence-corrected chi connectivity index (χ0v) is 10.7. The number of aromatic nitrogens is 2. The third-order valence-corrected chi connectivity index (χ3v) is 3.50. The molecule has 0 fully saturated rings. The first-order valence-corrected chi connectivity index (χ1v) is 6.15. The maximum Gasteiger partial charge on any atom is 0.269 e. The Bertz CT molecular complexity index is 690. The molecular weight excluding hydrogens is 260 g/mol. The number of aryl methyl sites for hydroxylation is 1. The summed E-state index contributed by atoms with van der Waals surface area (Å²) in [6.45, 7) is 1.89. The molecule has 1 aliphatic heterocycles. The molecule has 1 atom stereocenters. The van der Waals surface area contributed by atoms with Crippen molar-refractivity contribution in [2.24, 2.45) is 0 Å². The van der Waals surface area contributed by atoms with Gasteiger partial charge in [0.05, 0.1) is 4.92 Å². The number of nitro benzene ring substituents is 1. The van der Waals surface area contributed by atoms with E-state index < -0.39 is 4.92 Å². The minimum Gasteiger partial charge on any atom is -0.309 e. The first-order chi connectivity index (χ1) is 9.56. The molecule has 2 N–H and O–H groups in total. The van der Waals surface area contributed by atoms with Crippen LogP contribution in [0.25, 0.3) is 0 Å². The number of nitro groups is 1. The van der Waals surface area contributed by atoms with Gasteiger partial charge in [0.25, 0.3) is 5.69 Å². The lowest BCUT2D eigenvalue weighted by Gasteiger charge is -2.22. The molecule has 7 nitrogen and oxygen atoms in total. The molecule has 0 saturated heterocycles. The van der Waals surface area contributed by atoms with E-state index in [-0.39, 0.29) is 17.5 Å². The minimum atomic E-state index is -0.439. The molecule has 3 rings (SSSR count). The highest BCUT2D eigenvalue weighted by Gasteiger charge is 2.30. The van der Waals surface area contributed by atoms with Crippen LogP contribution >= 0.6 is 0 Å². The number of anilines is 1. The van der Waals surface area contributed by atoms with Crippen molar-refractivity contribution in [3.8, 4) is 0 Å². The van der Waals surface area contributed by atoms with Crippen LogP contribution in [0.5, 0.6) is 0 Å². The highest BCUT2D eigenvalue weighted by molar-refractivity contribution is 5.94. The highest BCUT2D eigenvalue weighted by atomic mass is 16.6. The fourth-order valence-corrected chi connectivity index (χ4v) is 2.54. The van der Waals surface area contributed by atoms with E-state index in [1.807, 2.05) is 6.92 Å². The lowest BCUT2D eigenvalue weighted by molar-refractivity contribution is -0.384. The monoisotopic (exact) mass is 272 g/mol. The standard InChI is InChI=1S/C13H12N4O3/c1-7-12-10(6-11(18)14-13(12)16-15-7)8-2-4-9(5-3-8)17(19)20/h2-5,10H,6H2,1H3,(H2,14,15,16,18). The molecule has 102 valence electrons. The van der Waals surface area contributed by atoms with Crippen molar-refractivity contribution in [1.82, 2.24) is 10.2 Å². The molecule has 1 unspecified atom stereocenters. The largest absolute Gasteiger partial charge is 0.309 e. The van der Waals surface area contributed by atoms with E-state index >= 15 is 0 Å². The number of non-ortho nitro benzene ring substituents is 1. The second kappa shape index (κ2) is 4.44. The Balaban J connectivity index is 2.03. The maximum absolute atomic E-state index is 11.7. The van der Waals surface area contributed by atoms with Crippen LogP contribution in [0, 0.1) is 17.0 Å². The number of hydrogen-bond donors (Lipinski definition) is 2. The van der Waals surface area contributed by atoms with Crippen LogP contribution in [-0.4, -0.2) is 21.0 Å². The van der Waals surface area contributed by atoms with Gasteiger partial charge in [-0.25, -0.2) is 0 Å². The molecule has 0 saturated carbocycles. The summed E-state index contributed by atoms with van der Waals surface area (Å²) in [6, 6.07) is 6.29. The minimum absolute atomic E-state index is 0.0400. The van der Waals surface area contributed by atoms with E-state index in [9.17, 15) is 14.9 Å². The normalized spacial score (nSPS) is 17.4. The first kappa shape index (κ1) is 12.3. The number of nitrogens with zero attached hydrogens (tertiary/aromatic N) is 2. The second-order valence-corrected chi connectivity index (χ2v) is 4.76. The molecule has 1 aromatic carbocycles. The van der Waals surface area contributed by atoms with Gasteiger partial charge in [0.15, 0.2) is 5.82 Å². The maximum atomic E-state index is 11.7. The Labute approximate surface area is 114 Å². The van der Waals surface area contributed by atoms with Gasteiger partial charge >= 0.3 is 0 Å². The summed E-state index contributed by atoms with van der Waals surface area (Å²) in [5.74, 6) is 0.313. The lowest BCUT2D eigenvalue weighted by Crippen LogP contribution is -2.23. The smallest absolute Gasteiger partial charge is 0.269 e. The van der Waals surface area contributed by atoms with Crippen molar-refractivity contribution >= 4 is 17.4 Å². The van der Waals surface area contributed by atoms with Crippen LogP contribution < -0.4 is 5.32 Å². The summed E-state index contributed by atoms with van der Waals surface area (Å²) in [7, 11) is 0. The molecule has 2 heterocycles. The second-order valence-electron chi connectivity index (χ2n) is 4.76. The van der Waals surface area contributed by atoms with Crippen molar-refractivity contribution in [2.75, 3.05) is 5.32 Å². The van der Waals surface area contributed by atoms with Crippen molar-refractivity contribution in [2.45, 2.75) is 19.3 Å². The molecular formula is C13H12N4O3. The SMILES string of the molecule is Cc1[nH]nc2c1C(c1ccc([N+](=O)[O-])cc1)CC(=O)N2. The van der Waals surface area contributed by atoms with E-state index in [0.717, 1.165) is 16.8 Å².